The molecule has 0 unspecified atom stereocenters. The summed E-state index contributed by atoms with van der Waals surface area (Å²) in [4.78, 5) is 2.41. The maximum absolute atomic E-state index is 6.67. The lowest BCUT2D eigenvalue weighted by atomic mass is 9.92. The highest BCUT2D eigenvalue weighted by Crippen LogP contribution is 2.47. The molecule has 0 saturated carbocycles. The first-order valence-corrected chi connectivity index (χ1v) is 21.2. The SMILES string of the molecule is c1ccc(-c2ccc(-c3ccc(N(c4ccc(-c5ccccc5)cc4)c4cc(-c5ccccc5)ccc4-c4cc(-c5ccccc5)c5c(c4)oc4ccccc45)cc3)cc2)cc1. The van der Waals surface area contributed by atoms with E-state index in [4.69, 9.17) is 4.42 Å². The minimum absolute atomic E-state index is 0.863. The van der Waals surface area contributed by atoms with Gasteiger partial charge in [0.15, 0.2) is 0 Å². The van der Waals surface area contributed by atoms with E-state index in [-0.39, 0.29) is 0 Å². The Morgan fingerprint density at radius 2 is 0.661 bits per heavy atom. The lowest BCUT2D eigenvalue weighted by Gasteiger charge is -2.29. The molecule has 0 aliphatic carbocycles. The Balaban J connectivity index is 1.11. The Kier molecular flexibility index (Phi) is 9.57. The molecule has 11 rings (SSSR count). The van der Waals surface area contributed by atoms with Crippen LogP contribution in [0.15, 0.2) is 253 Å². The molecule has 2 heteroatoms. The molecule has 292 valence electrons. The Labute approximate surface area is 362 Å². The maximum atomic E-state index is 6.67. The first-order chi connectivity index (χ1) is 30.7. The number of benzene rings is 10. The molecule has 0 radical (unpaired) electrons. The molecule has 0 aliphatic heterocycles. The van der Waals surface area contributed by atoms with Crippen LogP contribution in [0.25, 0.3) is 88.7 Å². The smallest absolute Gasteiger partial charge is 0.136 e. The summed E-state index contributed by atoms with van der Waals surface area (Å²) in [5, 5.41) is 2.24. The van der Waals surface area contributed by atoms with Crippen molar-refractivity contribution in [2.75, 3.05) is 4.90 Å². The van der Waals surface area contributed by atoms with E-state index in [1.165, 1.54) is 27.8 Å². The highest BCUT2D eigenvalue weighted by atomic mass is 16.3. The first kappa shape index (κ1) is 36.8. The van der Waals surface area contributed by atoms with E-state index in [0.29, 0.717) is 0 Å². The number of nitrogens with zero attached hydrogens (tertiary/aromatic N) is 1. The molecule has 10 aromatic carbocycles. The van der Waals surface area contributed by atoms with Crippen LogP contribution < -0.4 is 4.90 Å². The van der Waals surface area contributed by atoms with Crippen LogP contribution in [0.4, 0.5) is 17.1 Å². The summed E-state index contributed by atoms with van der Waals surface area (Å²) in [5.74, 6) is 0. The second kappa shape index (κ2) is 16.1. The summed E-state index contributed by atoms with van der Waals surface area (Å²) >= 11 is 0. The monoisotopic (exact) mass is 791 g/mol. The van der Waals surface area contributed by atoms with Crippen LogP contribution in [-0.4, -0.2) is 0 Å². The van der Waals surface area contributed by atoms with Gasteiger partial charge < -0.3 is 9.32 Å². The van der Waals surface area contributed by atoms with Gasteiger partial charge in [0.1, 0.15) is 11.2 Å². The third kappa shape index (κ3) is 7.04. The van der Waals surface area contributed by atoms with E-state index in [1.807, 2.05) is 6.07 Å². The molecule has 0 N–H and O–H groups in total. The predicted molar refractivity (Wildman–Crippen MR) is 261 cm³/mol. The molecular weight excluding hydrogens is 751 g/mol. The van der Waals surface area contributed by atoms with Crippen molar-refractivity contribution in [3.8, 4) is 66.8 Å². The molecule has 0 fully saturated rings. The molecule has 0 aliphatic rings. The zero-order chi connectivity index (χ0) is 41.2. The Morgan fingerprint density at radius 3 is 1.18 bits per heavy atom. The van der Waals surface area contributed by atoms with Gasteiger partial charge in [0, 0.05) is 27.7 Å². The average Bonchev–Trinajstić information content (AvgIpc) is 3.74. The fraction of sp³-hybridized carbons (Fsp3) is 0. The first-order valence-electron chi connectivity index (χ1n) is 21.2. The van der Waals surface area contributed by atoms with Gasteiger partial charge in [0.2, 0.25) is 0 Å². The van der Waals surface area contributed by atoms with Gasteiger partial charge >= 0.3 is 0 Å². The summed E-state index contributed by atoms with van der Waals surface area (Å²) in [7, 11) is 0. The molecule has 1 heterocycles. The molecule has 2 nitrogen and oxygen atoms in total. The summed E-state index contributed by atoms with van der Waals surface area (Å²) < 4.78 is 6.67. The van der Waals surface area contributed by atoms with Crippen molar-refractivity contribution in [3.05, 3.63) is 249 Å². The molecule has 0 amide bonds. The van der Waals surface area contributed by atoms with Crippen LogP contribution in [0.5, 0.6) is 0 Å². The van der Waals surface area contributed by atoms with Crippen LogP contribution in [0.2, 0.25) is 0 Å². The minimum atomic E-state index is 0.863. The van der Waals surface area contributed by atoms with Gasteiger partial charge in [-0.2, -0.15) is 0 Å². The quantitative estimate of drug-likeness (QED) is 0.145. The van der Waals surface area contributed by atoms with Crippen LogP contribution >= 0.6 is 0 Å². The summed E-state index contributed by atoms with van der Waals surface area (Å²) in [6, 6.07) is 89.1. The van der Waals surface area contributed by atoms with Gasteiger partial charge in [-0.25, -0.2) is 0 Å². The van der Waals surface area contributed by atoms with E-state index in [2.05, 4.69) is 248 Å². The summed E-state index contributed by atoms with van der Waals surface area (Å²) in [5.41, 5.74) is 18.8. The fourth-order valence-electron chi connectivity index (χ4n) is 8.78. The van der Waals surface area contributed by atoms with Crippen molar-refractivity contribution in [1.29, 1.82) is 0 Å². The number of rotatable bonds is 9. The van der Waals surface area contributed by atoms with Gasteiger partial charge in [0.25, 0.3) is 0 Å². The maximum Gasteiger partial charge on any atom is 0.136 e. The Bertz CT molecular complexity index is 3280. The highest BCUT2D eigenvalue weighted by molar-refractivity contribution is 6.14. The van der Waals surface area contributed by atoms with E-state index < -0.39 is 0 Å². The van der Waals surface area contributed by atoms with Crippen LogP contribution in [-0.2, 0) is 0 Å². The van der Waals surface area contributed by atoms with E-state index in [1.54, 1.807) is 0 Å². The topological polar surface area (TPSA) is 16.4 Å². The lowest BCUT2D eigenvalue weighted by molar-refractivity contribution is 0.669. The molecule has 0 atom stereocenters. The van der Waals surface area contributed by atoms with E-state index in [0.717, 1.165) is 77.9 Å². The second-order valence-corrected chi connectivity index (χ2v) is 15.7. The fourth-order valence-corrected chi connectivity index (χ4v) is 8.78. The number of furan rings is 1. The second-order valence-electron chi connectivity index (χ2n) is 15.7. The van der Waals surface area contributed by atoms with E-state index in [9.17, 15) is 0 Å². The van der Waals surface area contributed by atoms with Crippen LogP contribution in [0.3, 0.4) is 0 Å². The summed E-state index contributed by atoms with van der Waals surface area (Å²) in [6.45, 7) is 0. The largest absolute Gasteiger partial charge is 0.456 e. The third-order valence-electron chi connectivity index (χ3n) is 11.9. The molecule has 0 saturated heterocycles. The number of para-hydroxylation sites is 1. The highest BCUT2D eigenvalue weighted by Gasteiger charge is 2.22. The zero-order valence-electron chi connectivity index (χ0n) is 34.0. The molecule has 11 aromatic rings. The molecule has 0 spiro atoms. The molecule has 0 bridgehead atoms. The number of anilines is 3. The average molecular weight is 792 g/mol. The number of hydrogen-bond donors (Lipinski definition) is 0. The van der Waals surface area contributed by atoms with Gasteiger partial charge in [-0.1, -0.05) is 200 Å². The van der Waals surface area contributed by atoms with Crippen molar-refractivity contribution < 1.29 is 4.42 Å². The predicted octanol–water partition coefficient (Wildman–Crippen LogP) is 17.1. The number of fused-ring (bicyclic) bond motifs is 3. The van der Waals surface area contributed by atoms with Crippen molar-refractivity contribution >= 4 is 39.0 Å². The van der Waals surface area contributed by atoms with Crippen molar-refractivity contribution in [3.63, 3.8) is 0 Å². The molecule has 1 aromatic heterocycles. The van der Waals surface area contributed by atoms with E-state index >= 15 is 0 Å². The lowest BCUT2D eigenvalue weighted by Crippen LogP contribution is -2.11. The van der Waals surface area contributed by atoms with Crippen molar-refractivity contribution in [2.45, 2.75) is 0 Å². The van der Waals surface area contributed by atoms with Crippen LogP contribution in [0, 0.1) is 0 Å². The van der Waals surface area contributed by atoms with Crippen molar-refractivity contribution in [2.24, 2.45) is 0 Å². The Morgan fingerprint density at radius 1 is 0.258 bits per heavy atom. The van der Waals surface area contributed by atoms with Gasteiger partial charge in [-0.05, 0) is 110 Å². The standard InChI is InChI=1S/C60H41NO/c1-5-15-42(16-6-1)45-25-27-46(28-26-45)48-31-36-53(37-32-48)61(52-34-29-47(30-35-52)43-17-7-2-8-18-43)57-40-50(44-19-9-3-10-20-44)33-38-54(57)51-39-56(49-21-11-4-12-22-49)60-55-23-13-14-24-58(55)62-59(60)41-51/h1-41H. The summed E-state index contributed by atoms with van der Waals surface area (Å²) in [6.07, 6.45) is 0. The molecule has 62 heavy (non-hydrogen) atoms. The Hall–Kier alpha value is -8.20. The normalized spacial score (nSPS) is 11.2. The van der Waals surface area contributed by atoms with Crippen molar-refractivity contribution in [1.82, 2.24) is 0 Å². The zero-order valence-corrected chi connectivity index (χ0v) is 34.0. The van der Waals surface area contributed by atoms with Gasteiger partial charge in [-0.15, -0.1) is 0 Å². The van der Waals surface area contributed by atoms with Crippen LogP contribution in [0.1, 0.15) is 0 Å². The minimum Gasteiger partial charge on any atom is -0.456 e. The van der Waals surface area contributed by atoms with Gasteiger partial charge in [-0.3, -0.25) is 0 Å². The third-order valence-corrected chi connectivity index (χ3v) is 11.9. The number of hydrogen-bond acceptors (Lipinski definition) is 2. The molecular formula is C60H41NO. The van der Waals surface area contributed by atoms with Gasteiger partial charge in [0.05, 0.1) is 5.69 Å².